The van der Waals surface area contributed by atoms with Crippen molar-refractivity contribution in [1.29, 1.82) is 0 Å². The number of benzene rings is 1. The first-order valence-electron chi connectivity index (χ1n) is 6.97. The molecule has 0 aliphatic heterocycles. The maximum absolute atomic E-state index is 11.3. The summed E-state index contributed by atoms with van der Waals surface area (Å²) in [6, 6.07) is 5.04. The number of carbonyl (C=O) groups is 2. The number of methoxy groups -OCH3 is 2. The number of nitrogens with one attached hydrogen (secondary N) is 4. The predicted octanol–water partition coefficient (Wildman–Crippen LogP) is 2.49. The van der Waals surface area contributed by atoms with Crippen LogP contribution in [0.1, 0.15) is 0 Å². The summed E-state index contributed by atoms with van der Waals surface area (Å²) in [5.41, 5.74) is 0.941. The number of hydrogen-bond acceptors (Lipinski definition) is 8. The van der Waals surface area contributed by atoms with Crippen LogP contribution < -0.4 is 26.0 Å². The van der Waals surface area contributed by atoms with Gasteiger partial charge >= 0.3 is 12.2 Å². The fraction of sp³-hybridized carbons (Fsp3) is 0.286. The second-order valence-corrected chi connectivity index (χ2v) is 6.03. The van der Waals surface area contributed by atoms with Crippen LogP contribution >= 0.6 is 36.2 Å². The van der Waals surface area contributed by atoms with Gasteiger partial charge in [-0.1, -0.05) is 0 Å². The number of thioether (sulfide) groups is 1. The Bertz CT molecular complexity index is 687. The van der Waals surface area contributed by atoms with Crippen LogP contribution in [0.3, 0.4) is 0 Å². The monoisotopic (exact) mass is 418 g/mol. The highest BCUT2D eigenvalue weighted by atomic mass is 32.2. The summed E-state index contributed by atoms with van der Waals surface area (Å²) in [7, 11) is 2.44. The van der Waals surface area contributed by atoms with Crippen molar-refractivity contribution in [3.05, 3.63) is 18.2 Å². The Morgan fingerprint density at radius 1 is 1.00 bits per heavy atom. The summed E-state index contributed by atoms with van der Waals surface area (Å²) in [6.45, 7) is 0. The molecule has 0 saturated carbocycles. The lowest BCUT2D eigenvalue weighted by Gasteiger charge is -2.16. The van der Waals surface area contributed by atoms with Crippen molar-refractivity contribution in [2.45, 2.75) is 0 Å². The molecule has 1 aromatic rings. The van der Waals surface area contributed by atoms with Gasteiger partial charge in [0.15, 0.2) is 10.2 Å². The van der Waals surface area contributed by atoms with Gasteiger partial charge in [0.1, 0.15) is 11.7 Å². The molecule has 0 atom stereocenters. The van der Waals surface area contributed by atoms with Gasteiger partial charge in [-0.15, -0.1) is 11.8 Å². The standard InChI is InChI=1S/C14H18N4O5S3/c1-21-13(19)17-11(24)15-9-5-4-8(23-7-26-3)6-10(9)16-12(25)18-14(20)22-2/h4-6H,7H2,1-3H3,(H2,15,17,19,24)(H2,16,18,20,25). The largest absolute Gasteiger partial charge is 0.483 e. The fourth-order valence-corrected chi connectivity index (χ4v) is 2.19. The zero-order valence-corrected chi connectivity index (χ0v) is 16.7. The van der Waals surface area contributed by atoms with Crippen LogP contribution in [0.4, 0.5) is 21.0 Å². The second kappa shape index (κ2) is 11.3. The van der Waals surface area contributed by atoms with Crippen LogP contribution in [0.15, 0.2) is 18.2 Å². The molecule has 0 fully saturated rings. The maximum atomic E-state index is 11.3. The quantitative estimate of drug-likeness (QED) is 0.420. The van der Waals surface area contributed by atoms with E-state index in [1.54, 1.807) is 18.2 Å². The summed E-state index contributed by atoms with van der Waals surface area (Å²) in [5.74, 6) is 1.03. The van der Waals surface area contributed by atoms with Gasteiger partial charge in [0.25, 0.3) is 0 Å². The first-order chi connectivity index (χ1) is 12.4. The Morgan fingerprint density at radius 3 is 2.04 bits per heavy atom. The molecule has 0 saturated heterocycles. The number of amides is 2. The topological polar surface area (TPSA) is 110 Å². The van der Waals surface area contributed by atoms with Crippen LogP contribution in [-0.2, 0) is 9.47 Å². The summed E-state index contributed by atoms with van der Waals surface area (Å²) < 4.78 is 14.5. The minimum Gasteiger partial charge on any atom is -0.483 e. The van der Waals surface area contributed by atoms with Gasteiger partial charge in [-0.2, -0.15) is 0 Å². The lowest BCUT2D eigenvalue weighted by molar-refractivity contribution is 0.176. The first-order valence-corrected chi connectivity index (χ1v) is 9.18. The van der Waals surface area contributed by atoms with Crippen LogP contribution in [-0.4, -0.2) is 48.8 Å². The molecule has 0 radical (unpaired) electrons. The average Bonchev–Trinajstić information content (AvgIpc) is 2.61. The zero-order valence-electron chi connectivity index (χ0n) is 14.2. The minimum atomic E-state index is -0.713. The number of thiocarbonyl (C=S) groups is 2. The molecule has 9 nitrogen and oxygen atoms in total. The van der Waals surface area contributed by atoms with E-state index in [0.717, 1.165) is 0 Å². The van der Waals surface area contributed by atoms with E-state index >= 15 is 0 Å². The molecule has 0 aromatic heterocycles. The lowest BCUT2D eigenvalue weighted by Crippen LogP contribution is -2.35. The molecule has 26 heavy (non-hydrogen) atoms. The van der Waals surface area contributed by atoms with Crippen LogP contribution in [0.5, 0.6) is 5.75 Å². The Kier molecular flexibility index (Phi) is 9.47. The molecule has 4 N–H and O–H groups in total. The molecule has 1 rings (SSSR count). The first kappa shape index (κ1) is 21.7. The van der Waals surface area contributed by atoms with Crippen molar-refractivity contribution >= 4 is 70.0 Å². The van der Waals surface area contributed by atoms with Gasteiger partial charge < -0.3 is 24.8 Å². The highest BCUT2D eigenvalue weighted by Gasteiger charge is 2.11. The zero-order chi connectivity index (χ0) is 19.5. The Hall–Kier alpha value is -2.31. The van der Waals surface area contributed by atoms with E-state index in [2.05, 4.69) is 30.7 Å². The second-order valence-electron chi connectivity index (χ2n) is 4.40. The summed E-state index contributed by atoms with van der Waals surface area (Å²) >= 11 is 11.6. The van der Waals surface area contributed by atoms with E-state index in [-0.39, 0.29) is 10.2 Å². The third kappa shape index (κ3) is 7.72. The third-order valence-electron chi connectivity index (χ3n) is 2.63. The summed E-state index contributed by atoms with van der Waals surface area (Å²) in [5, 5.41) is 10.3. The highest BCUT2D eigenvalue weighted by molar-refractivity contribution is 7.98. The summed E-state index contributed by atoms with van der Waals surface area (Å²) in [4.78, 5) is 22.5. The Morgan fingerprint density at radius 2 is 1.54 bits per heavy atom. The van der Waals surface area contributed by atoms with E-state index in [1.165, 1.54) is 26.0 Å². The SMILES string of the molecule is COC(=O)NC(=S)Nc1ccc(OCSC)cc1NC(=S)NC(=O)OC. The Labute approximate surface area is 165 Å². The van der Waals surface area contributed by atoms with Gasteiger partial charge in [0.05, 0.1) is 25.6 Å². The number of carbonyl (C=O) groups excluding carboxylic acids is 2. The molecule has 142 valence electrons. The van der Waals surface area contributed by atoms with Crippen molar-refractivity contribution in [1.82, 2.24) is 10.6 Å². The molecule has 0 aliphatic carbocycles. The molecule has 1 aromatic carbocycles. The van der Waals surface area contributed by atoms with Crippen molar-refractivity contribution in [3.8, 4) is 5.75 Å². The molecule has 0 heterocycles. The van der Waals surface area contributed by atoms with E-state index < -0.39 is 12.2 Å². The summed E-state index contributed by atoms with van der Waals surface area (Å²) in [6.07, 6.45) is 0.482. The van der Waals surface area contributed by atoms with Gasteiger partial charge in [-0.3, -0.25) is 10.6 Å². The maximum Gasteiger partial charge on any atom is 0.413 e. The number of rotatable bonds is 5. The predicted molar refractivity (Wildman–Crippen MR) is 109 cm³/mol. The molecule has 0 aliphatic rings. The van der Waals surface area contributed by atoms with Crippen molar-refractivity contribution in [2.75, 3.05) is 37.0 Å². The van der Waals surface area contributed by atoms with Crippen molar-refractivity contribution in [2.24, 2.45) is 0 Å². The Balaban J connectivity index is 2.95. The van der Waals surface area contributed by atoms with Crippen LogP contribution in [0.25, 0.3) is 0 Å². The van der Waals surface area contributed by atoms with Crippen LogP contribution in [0.2, 0.25) is 0 Å². The number of alkyl carbamates (subject to hydrolysis) is 2. The number of hydrogen-bond donors (Lipinski definition) is 4. The average molecular weight is 419 g/mol. The smallest absolute Gasteiger partial charge is 0.413 e. The van der Waals surface area contributed by atoms with Crippen molar-refractivity contribution in [3.63, 3.8) is 0 Å². The van der Waals surface area contributed by atoms with Gasteiger partial charge in [0, 0.05) is 6.07 Å². The molecule has 0 spiro atoms. The van der Waals surface area contributed by atoms with Crippen LogP contribution in [0, 0.1) is 0 Å². The highest BCUT2D eigenvalue weighted by Crippen LogP contribution is 2.27. The minimum absolute atomic E-state index is 0.00811. The molecular weight excluding hydrogens is 400 g/mol. The van der Waals surface area contributed by atoms with Gasteiger partial charge in [0.2, 0.25) is 0 Å². The van der Waals surface area contributed by atoms with E-state index in [4.69, 9.17) is 29.2 Å². The normalized spacial score (nSPS) is 9.50. The van der Waals surface area contributed by atoms with Crippen molar-refractivity contribution < 1.29 is 23.8 Å². The number of anilines is 2. The fourth-order valence-electron chi connectivity index (χ4n) is 1.55. The molecule has 2 amide bonds. The molecule has 0 unspecified atom stereocenters. The van der Waals surface area contributed by atoms with E-state index in [9.17, 15) is 9.59 Å². The third-order valence-corrected chi connectivity index (χ3v) is 3.39. The molecule has 12 heteroatoms. The lowest BCUT2D eigenvalue weighted by atomic mass is 10.2. The van der Waals surface area contributed by atoms with Gasteiger partial charge in [-0.25, -0.2) is 9.59 Å². The van der Waals surface area contributed by atoms with E-state index in [1.807, 2.05) is 6.26 Å². The number of ether oxygens (including phenoxy) is 3. The molecular formula is C14H18N4O5S3. The van der Waals surface area contributed by atoms with Gasteiger partial charge in [-0.05, 0) is 42.8 Å². The molecule has 0 bridgehead atoms. The van der Waals surface area contributed by atoms with E-state index in [0.29, 0.717) is 23.1 Å².